The second-order valence-electron chi connectivity index (χ2n) is 4.91. The van der Waals surface area contributed by atoms with E-state index in [-0.39, 0.29) is 6.42 Å². The smallest absolute Gasteiger partial charge is 0.174 e. The Balaban J connectivity index is 2.45. The predicted molar refractivity (Wildman–Crippen MR) is 62.9 cm³/mol. The number of allylic oxidation sites excluding steroid dienone is 5. The lowest BCUT2D eigenvalue weighted by Crippen LogP contribution is -2.68. The maximum Gasteiger partial charge on any atom is 0.174 e. The van der Waals surface area contributed by atoms with Crippen molar-refractivity contribution in [1.82, 2.24) is 0 Å². The standard InChI is InChI=1S/C14H10O5/c15-8-3-5-11(18)14-10(17)2-1-7-13(8,14)9(16)4-6-12(14)19/h1-6,10,17H,7H2. The van der Waals surface area contributed by atoms with E-state index in [9.17, 15) is 24.3 Å². The third kappa shape index (κ3) is 1.05. The van der Waals surface area contributed by atoms with E-state index >= 15 is 0 Å². The molecule has 0 aliphatic heterocycles. The van der Waals surface area contributed by atoms with E-state index in [1.54, 1.807) is 0 Å². The molecular weight excluding hydrogens is 248 g/mol. The Morgan fingerprint density at radius 3 is 1.84 bits per heavy atom. The van der Waals surface area contributed by atoms with Crippen LogP contribution in [-0.2, 0) is 19.2 Å². The van der Waals surface area contributed by atoms with E-state index < -0.39 is 40.1 Å². The third-order valence-corrected chi connectivity index (χ3v) is 4.25. The van der Waals surface area contributed by atoms with Gasteiger partial charge in [0, 0.05) is 0 Å². The summed E-state index contributed by atoms with van der Waals surface area (Å²) in [6.45, 7) is 0. The number of hydrogen-bond donors (Lipinski definition) is 1. The maximum atomic E-state index is 12.3. The van der Waals surface area contributed by atoms with Crippen molar-refractivity contribution < 1.29 is 24.3 Å². The van der Waals surface area contributed by atoms with Gasteiger partial charge < -0.3 is 5.11 Å². The molecule has 1 N–H and O–H groups in total. The van der Waals surface area contributed by atoms with Crippen molar-refractivity contribution in [2.75, 3.05) is 0 Å². The van der Waals surface area contributed by atoms with Crippen LogP contribution in [0, 0.1) is 10.8 Å². The molecule has 5 nitrogen and oxygen atoms in total. The van der Waals surface area contributed by atoms with Gasteiger partial charge in [-0.25, -0.2) is 0 Å². The Bertz CT molecular complexity index is 582. The Labute approximate surface area is 108 Å². The first kappa shape index (κ1) is 11.9. The van der Waals surface area contributed by atoms with E-state index in [0.717, 1.165) is 24.3 Å². The minimum Gasteiger partial charge on any atom is -0.387 e. The topological polar surface area (TPSA) is 88.5 Å². The molecule has 0 amide bonds. The molecule has 0 bridgehead atoms. The van der Waals surface area contributed by atoms with Crippen molar-refractivity contribution >= 4 is 23.1 Å². The van der Waals surface area contributed by atoms with E-state index in [4.69, 9.17) is 0 Å². The fraction of sp³-hybridized carbons (Fsp3) is 0.286. The molecule has 0 aromatic heterocycles. The van der Waals surface area contributed by atoms with E-state index in [1.807, 2.05) is 0 Å². The average Bonchev–Trinajstić information content (AvgIpc) is 2.39. The van der Waals surface area contributed by atoms with E-state index in [0.29, 0.717) is 0 Å². The summed E-state index contributed by atoms with van der Waals surface area (Å²) in [5, 5.41) is 10.2. The minimum atomic E-state index is -2.01. The highest BCUT2D eigenvalue weighted by Gasteiger charge is 2.71. The molecule has 0 aromatic carbocycles. The first-order valence-electron chi connectivity index (χ1n) is 5.86. The summed E-state index contributed by atoms with van der Waals surface area (Å²) in [5.74, 6) is -2.57. The van der Waals surface area contributed by atoms with Gasteiger partial charge in [-0.15, -0.1) is 0 Å². The van der Waals surface area contributed by atoms with Crippen LogP contribution in [0.5, 0.6) is 0 Å². The zero-order chi connectivity index (χ0) is 13.8. The number of carbonyl (C=O) groups is 4. The third-order valence-electron chi connectivity index (χ3n) is 4.25. The number of rotatable bonds is 0. The molecule has 0 saturated heterocycles. The molecule has 1 unspecified atom stereocenters. The SMILES string of the molecule is O=C1C=CC(=O)C23C(=O)C=CC(=O)C12CC=CC3O. The maximum absolute atomic E-state index is 12.3. The zero-order valence-corrected chi connectivity index (χ0v) is 9.83. The zero-order valence-electron chi connectivity index (χ0n) is 9.83. The normalized spacial score (nSPS) is 40.4. The van der Waals surface area contributed by atoms with Crippen molar-refractivity contribution in [3.63, 3.8) is 0 Å². The molecule has 3 aliphatic carbocycles. The summed E-state index contributed by atoms with van der Waals surface area (Å²) in [4.78, 5) is 49.0. The van der Waals surface area contributed by atoms with E-state index in [1.165, 1.54) is 12.2 Å². The van der Waals surface area contributed by atoms with Gasteiger partial charge >= 0.3 is 0 Å². The molecule has 0 saturated carbocycles. The molecular formula is C14H10O5. The lowest BCUT2D eigenvalue weighted by atomic mass is 9.46. The van der Waals surface area contributed by atoms with Gasteiger partial charge in [-0.05, 0) is 30.7 Å². The highest BCUT2D eigenvalue weighted by molar-refractivity contribution is 6.34. The molecule has 96 valence electrons. The molecule has 0 aromatic rings. The summed E-state index contributed by atoms with van der Waals surface area (Å²) < 4.78 is 0. The van der Waals surface area contributed by atoms with Gasteiger partial charge in [-0.2, -0.15) is 0 Å². The summed E-state index contributed by atoms with van der Waals surface area (Å²) >= 11 is 0. The summed E-state index contributed by atoms with van der Waals surface area (Å²) in [6, 6.07) is 0. The van der Waals surface area contributed by atoms with Gasteiger partial charge in [0.25, 0.3) is 0 Å². The van der Waals surface area contributed by atoms with Crippen LogP contribution in [-0.4, -0.2) is 34.3 Å². The van der Waals surface area contributed by atoms with Gasteiger partial charge in [0.2, 0.25) is 0 Å². The van der Waals surface area contributed by atoms with Gasteiger partial charge in [0.1, 0.15) is 10.8 Å². The summed E-state index contributed by atoms with van der Waals surface area (Å²) in [7, 11) is 0. The van der Waals surface area contributed by atoms with Crippen LogP contribution in [0.15, 0.2) is 36.5 Å². The number of aliphatic hydroxyl groups is 1. The van der Waals surface area contributed by atoms with Crippen molar-refractivity contribution in [3.8, 4) is 0 Å². The monoisotopic (exact) mass is 258 g/mol. The Morgan fingerprint density at radius 2 is 1.37 bits per heavy atom. The lowest BCUT2D eigenvalue weighted by Gasteiger charge is -2.50. The Morgan fingerprint density at radius 1 is 0.895 bits per heavy atom. The quantitative estimate of drug-likeness (QED) is 0.476. The molecule has 3 rings (SSSR count). The fourth-order valence-corrected chi connectivity index (χ4v) is 3.33. The van der Waals surface area contributed by atoms with Crippen molar-refractivity contribution in [1.29, 1.82) is 0 Å². The van der Waals surface area contributed by atoms with Crippen molar-refractivity contribution in [3.05, 3.63) is 36.5 Å². The number of carbonyl (C=O) groups excluding carboxylic acids is 4. The molecule has 0 fully saturated rings. The lowest BCUT2D eigenvalue weighted by molar-refractivity contribution is -0.169. The Kier molecular flexibility index (Phi) is 2.17. The largest absolute Gasteiger partial charge is 0.387 e. The average molecular weight is 258 g/mol. The first-order chi connectivity index (χ1) is 8.97. The molecule has 3 aliphatic rings. The van der Waals surface area contributed by atoms with Gasteiger partial charge in [-0.3, -0.25) is 19.2 Å². The molecule has 19 heavy (non-hydrogen) atoms. The van der Waals surface area contributed by atoms with Crippen LogP contribution in [0.25, 0.3) is 0 Å². The molecule has 0 radical (unpaired) electrons. The second-order valence-corrected chi connectivity index (χ2v) is 4.91. The fourth-order valence-electron chi connectivity index (χ4n) is 3.33. The number of ketones is 4. The minimum absolute atomic E-state index is 0.0477. The molecule has 0 heterocycles. The highest BCUT2D eigenvalue weighted by atomic mass is 16.3. The molecule has 0 spiro atoms. The first-order valence-corrected chi connectivity index (χ1v) is 5.86. The number of aliphatic hydroxyl groups excluding tert-OH is 1. The van der Waals surface area contributed by atoms with Crippen LogP contribution in [0.3, 0.4) is 0 Å². The van der Waals surface area contributed by atoms with Crippen LogP contribution >= 0.6 is 0 Å². The molecule has 5 heteroatoms. The van der Waals surface area contributed by atoms with Crippen LogP contribution in [0.2, 0.25) is 0 Å². The number of hydrogen-bond acceptors (Lipinski definition) is 5. The Hall–Kier alpha value is -2.14. The van der Waals surface area contributed by atoms with Crippen LogP contribution < -0.4 is 0 Å². The van der Waals surface area contributed by atoms with Crippen LogP contribution in [0.1, 0.15) is 6.42 Å². The predicted octanol–water partition coefficient (Wildman–Crippen LogP) is -0.304. The second kappa shape index (κ2) is 3.45. The van der Waals surface area contributed by atoms with Gasteiger partial charge in [0.15, 0.2) is 23.1 Å². The van der Waals surface area contributed by atoms with Gasteiger partial charge in [0.05, 0.1) is 6.10 Å². The van der Waals surface area contributed by atoms with Gasteiger partial charge in [-0.1, -0.05) is 12.2 Å². The highest BCUT2D eigenvalue weighted by Crippen LogP contribution is 2.55. The van der Waals surface area contributed by atoms with Crippen molar-refractivity contribution in [2.45, 2.75) is 12.5 Å². The molecule has 1 atom stereocenters. The van der Waals surface area contributed by atoms with E-state index in [2.05, 4.69) is 0 Å². The van der Waals surface area contributed by atoms with Crippen LogP contribution in [0.4, 0.5) is 0 Å². The summed E-state index contributed by atoms with van der Waals surface area (Å²) in [5.41, 5.74) is -3.82. The van der Waals surface area contributed by atoms with Crippen molar-refractivity contribution in [2.24, 2.45) is 10.8 Å². The summed E-state index contributed by atoms with van der Waals surface area (Å²) in [6.07, 6.45) is 5.26.